The summed E-state index contributed by atoms with van der Waals surface area (Å²) in [5, 5.41) is 3.10. The van der Waals surface area contributed by atoms with Crippen LogP contribution in [0, 0.1) is 11.6 Å². The molecule has 5 heteroatoms. The van der Waals surface area contributed by atoms with E-state index < -0.39 is 17.7 Å². The van der Waals surface area contributed by atoms with E-state index in [-0.39, 0.29) is 12.2 Å². The van der Waals surface area contributed by atoms with Crippen LogP contribution in [0.25, 0.3) is 0 Å². The molecule has 1 aromatic carbocycles. The highest BCUT2D eigenvalue weighted by molar-refractivity contribution is 9.10. The van der Waals surface area contributed by atoms with Crippen molar-refractivity contribution in [3.05, 3.63) is 33.8 Å². The highest BCUT2D eigenvalue weighted by atomic mass is 79.9. The Morgan fingerprint density at radius 2 is 1.89 bits per heavy atom. The molecule has 1 N–H and O–H groups in total. The predicted molar refractivity (Wildman–Crippen MR) is 71.6 cm³/mol. The van der Waals surface area contributed by atoms with Gasteiger partial charge < -0.3 is 10.1 Å². The van der Waals surface area contributed by atoms with E-state index in [1.807, 2.05) is 13.8 Å². The number of hydrogen-bond donors (Lipinski definition) is 1. The molecule has 0 heterocycles. The van der Waals surface area contributed by atoms with Crippen molar-refractivity contribution in [1.29, 1.82) is 0 Å². The van der Waals surface area contributed by atoms with Gasteiger partial charge in [-0.2, -0.15) is 0 Å². The third kappa shape index (κ3) is 4.30. The Labute approximate surface area is 115 Å². The molecule has 0 saturated heterocycles. The van der Waals surface area contributed by atoms with Gasteiger partial charge in [0, 0.05) is 16.6 Å². The molecule has 1 atom stereocenters. The Morgan fingerprint density at radius 1 is 1.28 bits per heavy atom. The summed E-state index contributed by atoms with van der Waals surface area (Å²) in [4.78, 5) is 0. The molecule has 0 aromatic heterocycles. The first-order valence-corrected chi connectivity index (χ1v) is 6.85. The summed E-state index contributed by atoms with van der Waals surface area (Å²) in [5.41, 5.74) is 0.0418. The summed E-state index contributed by atoms with van der Waals surface area (Å²) in [6.07, 6.45) is 0.891. The summed E-state index contributed by atoms with van der Waals surface area (Å²) in [5.74, 6) is -1.12. The molecular weight excluding hydrogens is 304 g/mol. The first kappa shape index (κ1) is 15.5. The summed E-state index contributed by atoms with van der Waals surface area (Å²) in [6, 6.07) is 2.08. The van der Waals surface area contributed by atoms with Gasteiger partial charge in [-0.05, 0) is 32.0 Å². The average Bonchev–Trinajstić information content (AvgIpc) is 2.30. The van der Waals surface area contributed by atoms with Crippen LogP contribution < -0.4 is 5.32 Å². The summed E-state index contributed by atoms with van der Waals surface area (Å²) >= 11 is 3.07. The minimum absolute atomic E-state index is 0.0418. The van der Waals surface area contributed by atoms with E-state index in [2.05, 4.69) is 21.2 Å². The number of hydrogen-bond acceptors (Lipinski definition) is 2. The zero-order valence-corrected chi connectivity index (χ0v) is 12.2. The molecule has 2 nitrogen and oxygen atoms in total. The molecule has 0 fully saturated rings. The molecular formula is C13H18BrF2NO. The van der Waals surface area contributed by atoms with Crippen LogP contribution in [-0.4, -0.2) is 19.8 Å². The van der Waals surface area contributed by atoms with Crippen molar-refractivity contribution in [3.8, 4) is 0 Å². The summed E-state index contributed by atoms with van der Waals surface area (Å²) in [7, 11) is 0. The van der Waals surface area contributed by atoms with Gasteiger partial charge in [-0.15, -0.1) is 0 Å². The second-order valence-corrected chi connectivity index (χ2v) is 4.86. The fourth-order valence-corrected chi connectivity index (χ4v) is 2.09. The second kappa shape index (κ2) is 7.81. The number of ether oxygens (including phenoxy) is 1. The Hall–Kier alpha value is -0.520. The minimum Gasteiger partial charge on any atom is -0.380 e. The van der Waals surface area contributed by atoms with Gasteiger partial charge >= 0.3 is 0 Å². The first-order valence-electron chi connectivity index (χ1n) is 6.05. The number of rotatable bonds is 7. The van der Waals surface area contributed by atoms with Crippen LogP contribution in [0.4, 0.5) is 8.78 Å². The molecule has 18 heavy (non-hydrogen) atoms. The molecule has 102 valence electrons. The van der Waals surface area contributed by atoms with E-state index in [0.717, 1.165) is 6.42 Å². The van der Waals surface area contributed by atoms with Gasteiger partial charge in [0.25, 0.3) is 0 Å². The zero-order chi connectivity index (χ0) is 13.5. The number of halogens is 3. The second-order valence-electron chi connectivity index (χ2n) is 3.95. The lowest BCUT2D eigenvalue weighted by molar-refractivity contribution is 0.120. The van der Waals surface area contributed by atoms with Crippen LogP contribution in [0.2, 0.25) is 0 Å². The lowest BCUT2D eigenvalue weighted by atomic mass is 10.1. The van der Waals surface area contributed by atoms with Crippen molar-refractivity contribution in [2.75, 3.05) is 19.8 Å². The Balaban J connectivity index is 2.95. The van der Waals surface area contributed by atoms with Crippen LogP contribution >= 0.6 is 15.9 Å². The first-order chi connectivity index (χ1) is 8.60. The van der Waals surface area contributed by atoms with Crippen LogP contribution in [0.3, 0.4) is 0 Å². The maximum absolute atomic E-state index is 13.9. The van der Waals surface area contributed by atoms with Crippen molar-refractivity contribution in [2.45, 2.75) is 26.3 Å². The highest BCUT2D eigenvalue weighted by Crippen LogP contribution is 2.25. The maximum Gasteiger partial charge on any atom is 0.132 e. The largest absolute Gasteiger partial charge is 0.380 e. The van der Waals surface area contributed by atoms with Crippen molar-refractivity contribution < 1.29 is 13.5 Å². The van der Waals surface area contributed by atoms with Gasteiger partial charge in [-0.1, -0.05) is 22.9 Å². The predicted octanol–water partition coefficient (Wildman–Crippen LogP) is 3.80. The van der Waals surface area contributed by atoms with Crippen molar-refractivity contribution >= 4 is 15.9 Å². The lowest BCUT2D eigenvalue weighted by Gasteiger charge is -2.20. The molecule has 1 unspecified atom stereocenters. The monoisotopic (exact) mass is 321 g/mol. The maximum atomic E-state index is 13.9. The summed E-state index contributed by atoms with van der Waals surface area (Å²) in [6.45, 7) is 5.31. The molecule has 0 aliphatic heterocycles. The van der Waals surface area contributed by atoms with Crippen LogP contribution in [0.5, 0.6) is 0 Å². The molecule has 0 aliphatic rings. The number of nitrogens with one attached hydrogen (secondary N) is 1. The SMILES string of the molecule is CCCNC(COCC)c1c(F)cc(Br)cc1F. The molecule has 0 saturated carbocycles. The van der Waals surface area contributed by atoms with E-state index in [9.17, 15) is 8.78 Å². The third-order valence-electron chi connectivity index (χ3n) is 2.52. The lowest BCUT2D eigenvalue weighted by Crippen LogP contribution is -2.28. The van der Waals surface area contributed by atoms with E-state index in [1.165, 1.54) is 12.1 Å². The molecule has 0 radical (unpaired) electrons. The van der Waals surface area contributed by atoms with Gasteiger partial charge in [0.05, 0.1) is 12.6 Å². The normalized spacial score (nSPS) is 12.7. The molecule has 1 aromatic rings. The van der Waals surface area contributed by atoms with Gasteiger partial charge in [0.1, 0.15) is 11.6 Å². The van der Waals surface area contributed by atoms with Crippen LogP contribution in [0.15, 0.2) is 16.6 Å². The van der Waals surface area contributed by atoms with Gasteiger partial charge in [-0.25, -0.2) is 8.78 Å². The van der Waals surface area contributed by atoms with E-state index in [0.29, 0.717) is 17.6 Å². The van der Waals surface area contributed by atoms with Gasteiger partial charge in [-0.3, -0.25) is 0 Å². The Kier molecular flexibility index (Phi) is 6.75. The van der Waals surface area contributed by atoms with Crippen LogP contribution in [-0.2, 0) is 4.74 Å². The molecule has 0 aliphatic carbocycles. The molecule has 1 rings (SSSR count). The van der Waals surface area contributed by atoms with Crippen LogP contribution in [0.1, 0.15) is 31.9 Å². The van der Waals surface area contributed by atoms with E-state index in [1.54, 1.807) is 0 Å². The topological polar surface area (TPSA) is 21.3 Å². The number of benzene rings is 1. The Bertz CT molecular complexity index is 356. The van der Waals surface area contributed by atoms with Crippen molar-refractivity contribution in [2.24, 2.45) is 0 Å². The highest BCUT2D eigenvalue weighted by Gasteiger charge is 2.20. The standard InChI is InChI=1S/C13H18BrF2NO/c1-3-5-17-12(8-18-4-2)13-10(15)6-9(14)7-11(13)16/h6-7,12,17H,3-5,8H2,1-2H3. The molecule has 0 bridgehead atoms. The summed E-state index contributed by atoms with van der Waals surface area (Å²) < 4.78 is 33.4. The average molecular weight is 322 g/mol. The van der Waals surface area contributed by atoms with Gasteiger partial charge in [0.2, 0.25) is 0 Å². The van der Waals surface area contributed by atoms with Crippen molar-refractivity contribution in [1.82, 2.24) is 5.32 Å². The van der Waals surface area contributed by atoms with Crippen molar-refractivity contribution in [3.63, 3.8) is 0 Å². The molecule has 0 amide bonds. The fraction of sp³-hybridized carbons (Fsp3) is 0.538. The van der Waals surface area contributed by atoms with Gasteiger partial charge in [0.15, 0.2) is 0 Å². The quantitative estimate of drug-likeness (QED) is 0.824. The zero-order valence-electron chi connectivity index (χ0n) is 10.6. The Morgan fingerprint density at radius 3 is 2.39 bits per heavy atom. The van der Waals surface area contributed by atoms with E-state index in [4.69, 9.17) is 4.74 Å². The van der Waals surface area contributed by atoms with E-state index >= 15 is 0 Å². The minimum atomic E-state index is -0.560. The molecule has 0 spiro atoms. The fourth-order valence-electron chi connectivity index (χ4n) is 1.68. The smallest absolute Gasteiger partial charge is 0.132 e. The third-order valence-corrected chi connectivity index (χ3v) is 2.98.